The summed E-state index contributed by atoms with van der Waals surface area (Å²) in [4.78, 5) is 31.1. The Morgan fingerprint density at radius 2 is 1.54 bits per heavy atom. The van der Waals surface area contributed by atoms with Crippen molar-refractivity contribution in [3.63, 3.8) is 0 Å². The minimum atomic E-state index is 0.00982. The summed E-state index contributed by atoms with van der Waals surface area (Å²) in [5.74, 6) is 0.258. The highest BCUT2D eigenvalue weighted by Gasteiger charge is 2.24. The highest BCUT2D eigenvalue weighted by Crippen LogP contribution is 2.13. The predicted molar refractivity (Wildman–Crippen MR) is 105 cm³/mol. The van der Waals surface area contributed by atoms with Crippen molar-refractivity contribution >= 4 is 11.8 Å². The molecule has 5 heteroatoms. The molecule has 1 saturated heterocycles. The van der Waals surface area contributed by atoms with Crippen molar-refractivity contribution in [3.8, 4) is 0 Å². The van der Waals surface area contributed by atoms with Gasteiger partial charge in [0, 0.05) is 44.2 Å². The van der Waals surface area contributed by atoms with Gasteiger partial charge in [-0.05, 0) is 37.2 Å². The molecule has 2 rings (SSSR count). The summed E-state index contributed by atoms with van der Waals surface area (Å²) in [6.07, 6.45) is 0.838. The molecular weight excluding hydrogens is 326 g/mol. The molecule has 0 radical (unpaired) electrons. The maximum absolute atomic E-state index is 12.8. The van der Waals surface area contributed by atoms with E-state index in [-0.39, 0.29) is 17.7 Å². The second-order valence-electron chi connectivity index (χ2n) is 7.28. The Morgan fingerprint density at radius 3 is 2.12 bits per heavy atom. The Labute approximate surface area is 158 Å². The Kier molecular flexibility index (Phi) is 7.64. The molecule has 144 valence electrons. The van der Waals surface area contributed by atoms with Crippen molar-refractivity contribution in [1.29, 1.82) is 0 Å². The molecule has 1 aromatic carbocycles. The van der Waals surface area contributed by atoms with E-state index in [0.29, 0.717) is 19.6 Å². The molecule has 0 aromatic heterocycles. The standard InChI is InChI=1S/C21H33N3O2/c1-5-22(6-2)16-18-8-10-19(11-9-18)21(26)24-13-7-12-23(14-15-24)20(25)17(3)4/h8-11,17H,5-7,12-16H2,1-4H3. The summed E-state index contributed by atoms with van der Waals surface area (Å²) in [6, 6.07) is 7.97. The third kappa shape index (κ3) is 5.31. The first-order valence-corrected chi connectivity index (χ1v) is 9.85. The topological polar surface area (TPSA) is 43.9 Å². The van der Waals surface area contributed by atoms with E-state index in [1.165, 1.54) is 5.56 Å². The molecule has 1 aliphatic heterocycles. The minimum Gasteiger partial charge on any atom is -0.341 e. The van der Waals surface area contributed by atoms with Crippen LogP contribution in [-0.4, -0.2) is 65.8 Å². The molecule has 0 atom stereocenters. The van der Waals surface area contributed by atoms with Crippen LogP contribution in [0.4, 0.5) is 0 Å². The lowest BCUT2D eigenvalue weighted by atomic mass is 10.1. The lowest BCUT2D eigenvalue weighted by Gasteiger charge is -2.23. The molecule has 1 heterocycles. The lowest BCUT2D eigenvalue weighted by molar-refractivity contribution is -0.134. The third-order valence-electron chi connectivity index (χ3n) is 5.09. The predicted octanol–water partition coefficient (Wildman–Crippen LogP) is 2.86. The van der Waals surface area contributed by atoms with Crippen molar-refractivity contribution in [2.75, 3.05) is 39.3 Å². The zero-order valence-electron chi connectivity index (χ0n) is 16.7. The first kappa shape index (κ1) is 20.4. The average Bonchev–Trinajstić information content (AvgIpc) is 2.91. The fraction of sp³-hybridized carbons (Fsp3) is 0.619. The van der Waals surface area contributed by atoms with Gasteiger partial charge in [-0.2, -0.15) is 0 Å². The highest BCUT2D eigenvalue weighted by atomic mass is 16.2. The van der Waals surface area contributed by atoms with Crippen LogP contribution in [0.1, 0.15) is 50.0 Å². The number of benzene rings is 1. The van der Waals surface area contributed by atoms with Crippen LogP contribution < -0.4 is 0 Å². The molecule has 1 aromatic rings. The van der Waals surface area contributed by atoms with Gasteiger partial charge in [0.15, 0.2) is 0 Å². The van der Waals surface area contributed by atoms with Crippen LogP contribution in [0.3, 0.4) is 0 Å². The SMILES string of the molecule is CCN(CC)Cc1ccc(C(=O)N2CCCN(C(=O)C(C)C)CC2)cc1. The van der Waals surface area contributed by atoms with Crippen LogP contribution in [0, 0.1) is 5.92 Å². The van der Waals surface area contributed by atoms with Crippen LogP contribution in [-0.2, 0) is 11.3 Å². The van der Waals surface area contributed by atoms with Crippen LogP contribution in [0.5, 0.6) is 0 Å². The summed E-state index contributed by atoms with van der Waals surface area (Å²) in [5, 5.41) is 0. The van der Waals surface area contributed by atoms with Gasteiger partial charge in [0.1, 0.15) is 0 Å². The van der Waals surface area contributed by atoms with Gasteiger partial charge < -0.3 is 9.80 Å². The van der Waals surface area contributed by atoms with Crippen molar-refractivity contribution in [3.05, 3.63) is 35.4 Å². The Hall–Kier alpha value is -1.88. The third-order valence-corrected chi connectivity index (χ3v) is 5.09. The summed E-state index contributed by atoms with van der Waals surface area (Å²) >= 11 is 0. The number of hydrogen-bond donors (Lipinski definition) is 0. The van der Waals surface area contributed by atoms with Crippen LogP contribution in [0.15, 0.2) is 24.3 Å². The molecule has 0 spiro atoms. The normalized spacial score (nSPS) is 15.5. The van der Waals surface area contributed by atoms with Crippen molar-refractivity contribution < 1.29 is 9.59 Å². The van der Waals surface area contributed by atoms with Gasteiger partial charge in [0.2, 0.25) is 5.91 Å². The van der Waals surface area contributed by atoms with E-state index in [9.17, 15) is 9.59 Å². The summed E-state index contributed by atoms with van der Waals surface area (Å²) in [7, 11) is 0. The van der Waals surface area contributed by atoms with Crippen molar-refractivity contribution in [1.82, 2.24) is 14.7 Å². The zero-order chi connectivity index (χ0) is 19.1. The monoisotopic (exact) mass is 359 g/mol. The molecule has 5 nitrogen and oxygen atoms in total. The molecule has 26 heavy (non-hydrogen) atoms. The maximum atomic E-state index is 12.8. The number of carbonyl (C=O) groups is 2. The smallest absolute Gasteiger partial charge is 0.253 e. The number of hydrogen-bond acceptors (Lipinski definition) is 3. The Bertz CT molecular complexity index is 594. The minimum absolute atomic E-state index is 0.00982. The zero-order valence-corrected chi connectivity index (χ0v) is 16.7. The lowest BCUT2D eigenvalue weighted by Crippen LogP contribution is -2.38. The van der Waals surface area contributed by atoms with E-state index in [1.54, 1.807) is 0 Å². The van der Waals surface area contributed by atoms with Crippen LogP contribution in [0.2, 0.25) is 0 Å². The average molecular weight is 360 g/mol. The van der Waals surface area contributed by atoms with Gasteiger partial charge in [-0.15, -0.1) is 0 Å². The number of rotatable bonds is 6. The molecule has 0 aliphatic carbocycles. The van der Waals surface area contributed by atoms with Crippen molar-refractivity contribution in [2.24, 2.45) is 5.92 Å². The van der Waals surface area contributed by atoms with Crippen LogP contribution >= 0.6 is 0 Å². The first-order valence-electron chi connectivity index (χ1n) is 9.85. The summed E-state index contributed by atoms with van der Waals surface area (Å²) < 4.78 is 0. The molecule has 1 fully saturated rings. The summed E-state index contributed by atoms with van der Waals surface area (Å²) in [6.45, 7) is 13.8. The fourth-order valence-corrected chi connectivity index (χ4v) is 3.35. The second kappa shape index (κ2) is 9.72. The highest BCUT2D eigenvalue weighted by molar-refractivity contribution is 5.94. The molecule has 0 saturated carbocycles. The second-order valence-corrected chi connectivity index (χ2v) is 7.28. The van der Waals surface area contributed by atoms with Crippen LogP contribution in [0.25, 0.3) is 0 Å². The molecule has 0 bridgehead atoms. The van der Waals surface area contributed by atoms with Gasteiger partial charge in [-0.3, -0.25) is 14.5 Å². The van der Waals surface area contributed by atoms with Gasteiger partial charge in [-0.25, -0.2) is 0 Å². The fourth-order valence-electron chi connectivity index (χ4n) is 3.35. The van der Waals surface area contributed by atoms with Gasteiger partial charge >= 0.3 is 0 Å². The molecule has 0 unspecified atom stereocenters. The van der Waals surface area contributed by atoms with E-state index in [2.05, 4.69) is 30.9 Å². The molecular formula is C21H33N3O2. The van der Waals surface area contributed by atoms with Gasteiger partial charge in [-0.1, -0.05) is 39.8 Å². The number of nitrogens with zero attached hydrogens (tertiary/aromatic N) is 3. The van der Waals surface area contributed by atoms with E-state index < -0.39 is 0 Å². The largest absolute Gasteiger partial charge is 0.341 e. The number of carbonyl (C=O) groups excluding carboxylic acids is 2. The van der Waals surface area contributed by atoms with Crippen molar-refractivity contribution in [2.45, 2.75) is 40.7 Å². The van der Waals surface area contributed by atoms with E-state index in [4.69, 9.17) is 0 Å². The molecule has 0 N–H and O–H groups in total. The molecule has 1 aliphatic rings. The quantitative estimate of drug-likeness (QED) is 0.784. The summed E-state index contributed by atoms with van der Waals surface area (Å²) in [5.41, 5.74) is 1.96. The Morgan fingerprint density at radius 1 is 0.962 bits per heavy atom. The van der Waals surface area contributed by atoms with Gasteiger partial charge in [0.05, 0.1) is 0 Å². The Balaban J connectivity index is 1.97. The number of amides is 2. The van der Waals surface area contributed by atoms with E-state index >= 15 is 0 Å². The van der Waals surface area contributed by atoms with Gasteiger partial charge in [0.25, 0.3) is 5.91 Å². The van der Waals surface area contributed by atoms with E-state index in [1.807, 2.05) is 35.8 Å². The first-order chi connectivity index (χ1) is 12.5. The maximum Gasteiger partial charge on any atom is 0.253 e. The van der Waals surface area contributed by atoms with E-state index in [0.717, 1.165) is 38.2 Å². The molecule has 2 amide bonds.